The van der Waals surface area contributed by atoms with Gasteiger partial charge in [0.15, 0.2) is 6.23 Å². The van der Waals surface area contributed by atoms with Gasteiger partial charge in [-0.25, -0.2) is 0 Å². The van der Waals surface area contributed by atoms with E-state index in [1.165, 1.54) is 13.1 Å². The lowest BCUT2D eigenvalue weighted by molar-refractivity contribution is -0.182. The van der Waals surface area contributed by atoms with E-state index in [1.807, 2.05) is 0 Å². The van der Waals surface area contributed by atoms with Gasteiger partial charge in [0.1, 0.15) is 30.5 Å². The molecular weight excluding hydrogens is 334 g/mol. The molecule has 2 heterocycles. The van der Waals surface area contributed by atoms with Crippen molar-refractivity contribution in [2.75, 3.05) is 6.61 Å². The van der Waals surface area contributed by atoms with Gasteiger partial charge < -0.3 is 40.7 Å². The molecule has 0 aliphatic carbocycles. The third-order valence-electron chi connectivity index (χ3n) is 4.37. The fraction of sp³-hybridized carbons (Fsp3) is 0.733. The van der Waals surface area contributed by atoms with Crippen LogP contribution in [0.4, 0.5) is 0 Å². The van der Waals surface area contributed by atoms with Crippen molar-refractivity contribution >= 4 is 11.9 Å². The largest absolute Gasteiger partial charge is 0.461 e. The van der Waals surface area contributed by atoms with E-state index >= 15 is 0 Å². The van der Waals surface area contributed by atoms with Gasteiger partial charge in [-0.05, 0) is 12.8 Å². The summed E-state index contributed by atoms with van der Waals surface area (Å²) in [6, 6.07) is -0.815. The number of aliphatic hydroxyl groups is 3. The Labute approximate surface area is 145 Å². The first kappa shape index (κ1) is 19.6. The van der Waals surface area contributed by atoms with Crippen LogP contribution in [0.25, 0.3) is 0 Å². The number of hydrogen-bond acceptors (Lipinski definition) is 9. The molecule has 2 aliphatic heterocycles. The van der Waals surface area contributed by atoms with Crippen molar-refractivity contribution in [1.82, 2.24) is 10.2 Å². The highest BCUT2D eigenvalue weighted by atomic mass is 16.6. The predicted molar refractivity (Wildman–Crippen MR) is 84.2 cm³/mol. The maximum Gasteiger partial charge on any atom is 0.323 e. The summed E-state index contributed by atoms with van der Waals surface area (Å²) in [7, 11) is 0. The van der Waals surface area contributed by atoms with E-state index in [4.69, 9.17) is 15.2 Å². The minimum atomic E-state index is -1.43. The molecule has 0 bridgehead atoms. The second-order valence-corrected chi connectivity index (χ2v) is 6.78. The third kappa shape index (κ3) is 3.93. The molecule has 0 aromatic rings. The van der Waals surface area contributed by atoms with Gasteiger partial charge in [-0.2, -0.15) is 0 Å². The van der Waals surface area contributed by atoms with Gasteiger partial charge in [-0.15, -0.1) is 0 Å². The molecule has 2 rings (SSSR count). The summed E-state index contributed by atoms with van der Waals surface area (Å²) in [6.45, 7) is 4.67. The zero-order valence-corrected chi connectivity index (χ0v) is 14.3. The van der Waals surface area contributed by atoms with E-state index in [1.54, 1.807) is 13.8 Å². The van der Waals surface area contributed by atoms with Crippen molar-refractivity contribution in [2.24, 2.45) is 11.7 Å². The molecule has 6 N–H and O–H groups in total. The van der Waals surface area contributed by atoms with Crippen LogP contribution in [0, 0.1) is 5.92 Å². The molecule has 0 aromatic heterocycles. The third-order valence-corrected chi connectivity index (χ3v) is 4.37. The average molecular weight is 359 g/mol. The van der Waals surface area contributed by atoms with Crippen molar-refractivity contribution < 1.29 is 34.4 Å². The van der Waals surface area contributed by atoms with E-state index in [2.05, 4.69) is 5.32 Å². The highest BCUT2D eigenvalue weighted by molar-refractivity contribution is 5.88. The molecular formula is C15H25N3O7. The summed E-state index contributed by atoms with van der Waals surface area (Å²) in [5.74, 6) is -1.27. The lowest BCUT2D eigenvalue weighted by atomic mass is 9.98. The summed E-state index contributed by atoms with van der Waals surface area (Å²) < 4.78 is 10.8. The van der Waals surface area contributed by atoms with Crippen LogP contribution >= 0.6 is 0 Å². The zero-order valence-electron chi connectivity index (χ0n) is 14.3. The van der Waals surface area contributed by atoms with E-state index < -0.39 is 48.3 Å². The minimum Gasteiger partial charge on any atom is -0.461 e. The highest BCUT2D eigenvalue weighted by Gasteiger charge is 2.54. The van der Waals surface area contributed by atoms with Crippen LogP contribution in [0.15, 0.2) is 12.3 Å². The van der Waals surface area contributed by atoms with Crippen LogP contribution in [0.2, 0.25) is 0 Å². The smallest absolute Gasteiger partial charge is 0.323 e. The van der Waals surface area contributed by atoms with Gasteiger partial charge >= 0.3 is 5.97 Å². The number of carbonyl (C=O) groups is 2. The fourth-order valence-corrected chi connectivity index (χ4v) is 2.58. The number of rotatable bonds is 5. The molecule has 0 spiro atoms. The second-order valence-electron chi connectivity index (χ2n) is 6.78. The highest BCUT2D eigenvalue weighted by Crippen LogP contribution is 2.34. The van der Waals surface area contributed by atoms with Crippen LogP contribution in [0.5, 0.6) is 0 Å². The Hall–Kier alpha value is -1.72. The fourth-order valence-electron chi connectivity index (χ4n) is 2.58. The molecule has 0 aromatic carbocycles. The van der Waals surface area contributed by atoms with Crippen LogP contribution in [-0.2, 0) is 19.1 Å². The van der Waals surface area contributed by atoms with Crippen LogP contribution in [0.3, 0.4) is 0 Å². The van der Waals surface area contributed by atoms with Crippen LogP contribution in [-0.4, -0.2) is 75.1 Å². The number of nitrogens with zero attached hydrogens (tertiary/aromatic N) is 1. The van der Waals surface area contributed by atoms with Crippen molar-refractivity contribution in [1.29, 1.82) is 0 Å². The number of carbonyl (C=O) groups excluding carboxylic acids is 2. The summed E-state index contributed by atoms with van der Waals surface area (Å²) in [6.07, 6.45) is -2.98. The number of ether oxygens (including phenoxy) is 2. The average Bonchev–Trinajstić information content (AvgIpc) is 2.77. The quantitative estimate of drug-likeness (QED) is 0.337. The van der Waals surface area contributed by atoms with Crippen molar-refractivity contribution in [3.63, 3.8) is 0 Å². The van der Waals surface area contributed by atoms with Crippen molar-refractivity contribution in [2.45, 2.75) is 57.2 Å². The zero-order chi connectivity index (χ0) is 18.9. The van der Waals surface area contributed by atoms with Gasteiger partial charge in [0, 0.05) is 12.3 Å². The predicted octanol–water partition coefficient (Wildman–Crippen LogP) is -2.43. The minimum absolute atomic E-state index is 0.120. The molecule has 0 saturated carbocycles. The maximum atomic E-state index is 11.9. The molecule has 10 nitrogen and oxygen atoms in total. The van der Waals surface area contributed by atoms with E-state index in [0.717, 1.165) is 11.0 Å². The molecule has 10 heteroatoms. The van der Waals surface area contributed by atoms with Gasteiger partial charge in [0.2, 0.25) is 12.3 Å². The summed E-state index contributed by atoms with van der Waals surface area (Å²) in [5.41, 5.74) is 4.30. The number of nitrogens with one attached hydrogen (secondary N) is 1. The van der Waals surface area contributed by atoms with E-state index in [0.29, 0.717) is 0 Å². The standard InChI is InChI=1S/C15H25N3O7/c1-7(2)9(16)13(22)24-6-15(3)11(21)10(20)12(25-15)18-5-4-8(19)17-14(18)23/h4-5,7,9-12,14,20-21,23H,6,16H2,1-3H3,(H,17,19)/t9-,10+,11-,12+,14?,15+/m0/s1. The number of esters is 1. The Bertz CT molecular complexity index is 555. The van der Waals surface area contributed by atoms with Crippen LogP contribution in [0.1, 0.15) is 20.8 Å². The molecule has 1 saturated heterocycles. The van der Waals surface area contributed by atoms with Gasteiger partial charge in [0.05, 0.1) is 0 Å². The summed E-state index contributed by atoms with van der Waals surface area (Å²) in [4.78, 5) is 24.2. The van der Waals surface area contributed by atoms with E-state index in [-0.39, 0.29) is 12.5 Å². The second kappa shape index (κ2) is 7.26. The monoisotopic (exact) mass is 359 g/mol. The Morgan fingerprint density at radius 2 is 2.12 bits per heavy atom. The normalized spacial score (nSPS) is 36.5. The number of aliphatic hydroxyl groups excluding tert-OH is 3. The van der Waals surface area contributed by atoms with Gasteiger partial charge in [-0.3, -0.25) is 9.59 Å². The molecule has 2 aliphatic rings. The first-order valence-electron chi connectivity index (χ1n) is 7.97. The topological polar surface area (TPSA) is 155 Å². The van der Waals surface area contributed by atoms with Gasteiger partial charge in [0.25, 0.3) is 0 Å². The van der Waals surface area contributed by atoms with E-state index in [9.17, 15) is 24.9 Å². The molecule has 6 atom stereocenters. The number of nitrogens with two attached hydrogens (primary N) is 1. The Kier molecular flexibility index (Phi) is 5.69. The summed E-state index contributed by atoms with van der Waals surface area (Å²) >= 11 is 0. The lowest BCUT2D eigenvalue weighted by Crippen LogP contribution is -2.55. The Balaban J connectivity index is 2.06. The van der Waals surface area contributed by atoms with Crippen LogP contribution < -0.4 is 11.1 Å². The number of hydrogen-bond donors (Lipinski definition) is 5. The Morgan fingerprint density at radius 3 is 2.68 bits per heavy atom. The first-order chi connectivity index (χ1) is 11.6. The molecule has 0 radical (unpaired) electrons. The first-order valence-corrected chi connectivity index (χ1v) is 7.97. The van der Waals surface area contributed by atoms with Gasteiger partial charge in [-0.1, -0.05) is 13.8 Å². The summed E-state index contributed by atoms with van der Waals surface area (Å²) in [5, 5.41) is 32.7. The molecule has 1 fully saturated rings. The Morgan fingerprint density at radius 1 is 1.48 bits per heavy atom. The molecule has 25 heavy (non-hydrogen) atoms. The number of amides is 1. The lowest BCUT2D eigenvalue weighted by Gasteiger charge is -2.35. The van der Waals surface area contributed by atoms with Crippen molar-refractivity contribution in [3.05, 3.63) is 12.3 Å². The van der Waals surface area contributed by atoms with Crippen molar-refractivity contribution in [3.8, 4) is 0 Å². The molecule has 142 valence electrons. The molecule has 1 unspecified atom stereocenters. The maximum absolute atomic E-state index is 11.9. The SMILES string of the molecule is CC(C)[C@H](N)C(=O)OC[C@@]1(C)O[C@@H](N2C=CC(=O)NC2O)[C@H](O)[C@@H]1O. The molecule has 1 amide bonds.